The topological polar surface area (TPSA) is 176 Å². The van der Waals surface area contributed by atoms with Gasteiger partial charge in [-0.25, -0.2) is 4.98 Å². The number of nitrogens with zero attached hydrogens (tertiary/aromatic N) is 3. The number of carbonyl (C=O) groups is 5. The second-order valence-corrected chi connectivity index (χ2v) is 14.9. The predicted molar refractivity (Wildman–Crippen MR) is 197 cm³/mol. The number of hydrazine groups is 1. The number of phenols is 1. The highest BCUT2D eigenvalue weighted by atomic mass is 35.5. The van der Waals surface area contributed by atoms with Crippen LogP contribution in [0.2, 0.25) is 10.0 Å². The van der Waals surface area contributed by atoms with E-state index in [0.29, 0.717) is 39.0 Å². The molecule has 3 aromatic rings. The van der Waals surface area contributed by atoms with Crippen molar-refractivity contribution in [3.63, 3.8) is 0 Å². The van der Waals surface area contributed by atoms with Crippen LogP contribution in [0, 0.1) is 29.6 Å². The second kappa shape index (κ2) is 14.7. The number of phenolic OH excluding ortho intramolecular Hbond substituents is 1. The number of rotatable bonds is 10. The standard InChI is InChI=1S/C39H33Cl2F3N4O9/c1-56-28-13-18(14-29(57-2)32(28)51)3-10-25-22-8-9-23-31(36(54)47(34(23)52)12-11-30(49)50)24(22)16-26-35(53)48(37(55)38(25,26)19-4-6-21(40)7-5-19)46-33-27(41)15-20(17-45-33)39(42,43)44/h3-8,10,13-15,17,23-26,31,51H,9,11-12,16H2,1-2H3,(H,45,46)(H,49,50)/t23-,24+,25-,26-,31-,38-/m0/s1. The smallest absolute Gasteiger partial charge is 0.417 e. The Bertz CT molecular complexity index is 2240. The van der Waals surface area contributed by atoms with Crippen LogP contribution in [0.25, 0.3) is 6.08 Å². The minimum absolute atomic E-state index is 0.0699. The zero-order valence-corrected chi connectivity index (χ0v) is 31.6. The van der Waals surface area contributed by atoms with Gasteiger partial charge in [-0.15, -0.1) is 0 Å². The van der Waals surface area contributed by atoms with Gasteiger partial charge in [0.1, 0.15) is 0 Å². The maximum atomic E-state index is 15.2. The average molecular weight is 830 g/mol. The van der Waals surface area contributed by atoms with Gasteiger partial charge >= 0.3 is 12.1 Å². The fourth-order valence-corrected chi connectivity index (χ4v) is 9.07. The van der Waals surface area contributed by atoms with Crippen LogP contribution in [0.5, 0.6) is 17.2 Å². The molecule has 1 aromatic heterocycles. The molecule has 13 nitrogen and oxygen atoms in total. The minimum atomic E-state index is -4.78. The van der Waals surface area contributed by atoms with Crippen molar-refractivity contribution >= 4 is 64.7 Å². The van der Waals surface area contributed by atoms with Gasteiger partial charge in [-0.05, 0) is 60.2 Å². The number of benzene rings is 2. The van der Waals surface area contributed by atoms with Crippen LogP contribution in [-0.4, -0.2) is 75.5 Å². The predicted octanol–water partition coefficient (Wildman–Crippen LogP) is 6.14. The number of fused-ring (bicyclic) bond motifs is 4. The zero-order valence-electron chi connectivity index (χ0n) is 30.0. The number of methoxy groups -OCH3 is 2. The summed E-state index contributed by atoms with van der Waals surface area (Å²) < 4.78 is 51.1. The number of ether oxygens (including phenoxy) is 2. The van der Waals surface area contributed by atoms with E-state index in [2.05, 4.69) is 10.4 Å². The van der Waals surface area contributed by atoms with Crippen LogP contribution < -0.4 is 14.9 Å². The van der Waals surface area contributed by atoms with E-state index in [1.807, 2.05) is 0 Å². The van der Waals surface area contributed by atoms with E-state index in [-0.39, 0.29) is 36.6 Å². The largest absolute Gasteiger partial charge is 0.502 e. The number of hydrogen-bond acceptors (Lipinski definition) is 10. The quantitative estimate of drug-likeness (QED) is 0.158. The third kappa shape index (κ3) is 6.53. The molecule has 1 saturated carbocycles. The van der Waals surface area contributed by atoms with Crippen molar-refractivity contribution < 1.29 is 56.8 Å². The molecule has 0 spiro atoms. The first-order chi connectivity index (χ1) is 27.0. The highest BCUT2D eigenvalue weighted by molar-refractivity contribution is 6.33. The number of anilines is 1. The number of carboxylic acid groups (broad SMARTS) is 1. The van der Waals surface area contributed by atoms with E-state index in [0.717, 1.165) is 4.90 Å². The Morgan fingerprint density at radius 1 is 1.02 bits per heavy atom. The number of carboxylic acids is 1. The van der Waals surface area contributed by atoms with Gasteiger partial charge in [0, 0.05) is 23.7 Å². The monoisotopic (exact) mass is 828 g/mol. The lowest BCUT2D eigenvalue weighted by molar-refractivity contribution is -0.143. The first-order valence-corrected chi connectivity index (χ1v) is 18.3. The fraction of sp³-hybridized carbons (Fsp3) is 0.333. The minimum Gasteiger partial charge on any atom is -0.502 e. The fourth-order valence-electron chi connectivity index (χ4n) is 8.74. The number of aromatic nitrogens is 1. The lowest BCUT2D eigenvalue weighted by atomic mass is 9.50. The SMILES string of the molecule is COc1cc(C=C[C@H]2C3=CC[C@@H]4C(=O)N(CCC(=O)O)C(=O)[C@@H]4[C@@H]3C[C@H]3C(=O)N(Nc4ncc(C(F)(F)F)cc4Cl)C(=O)[C@@]23c2ccc(Cl)cc2)cc(OC)c1O. The number of pyridine rings is 1. The van der Waals surface area contributed by atoms with E-state index < -0.39 is 93.6 Å². The summed E-state index contributed by atoms with van der Waals surface area (Å²) in [6, 6.07) is 9.89. The number of carbonyl (C=O) groups excluding carboxylic acids is 4. The van der Waals surface area contributed by atoms with Crippen molar-refractivity contribution in [2.24, 2.45) is 29.6 Å². The molecule has 3 fully saturated rings. The normalized spacial score (nSPS) is 25.7. The first-order valence-electron chi connectivity index (χ1n) is 17.6. The third-order valence-electron chi connectivity index (χ3n) is 11.2. The molecule has 2 saturated heterocycles. The van der Waals surface area contributed by atoms with Crippen LogP contribution in [0.4, 0.5) is 19.0 Å². The van der Waals surface area contributed by atoms with Crippen LogP contribution in [0.3, 0.4) is 0 Å². The summed E-state index contributed by atoms with van der Waals surface area (Å²) in [4.78, 5) is 73.8. The molecule has 7 rings (SSSR count). The van der Waals surface area contributed by atoms with Gasteiger partial charge in [0.05, 0.1) is 54.4 Å². The van der Waals surface area contributed by atoms with Gasteiger partial charge in [0.15, 0.2) is 17.3 Å². The molecular weight excluding hydrogens is 796 g/mol. The summed E-state index contributed by atoms with van der Waals surface area (Å²) in [7, 11) is 2.69. The first kappa shape index (κ1) is 39.6. The number of aromatic hydroxyl groups is 1. The number of aliphatic carboxylic acids is 1. The molecule has 6 atom stereocenters. The summed E-state index contributed by atoms with van der Waals surface area (Å²) in [6.07, 6.45) is 0.289. The zero-order chi connectivity index (χ0) is 41.1. The molecule has 3 N–H and O–H groups in total. The summed E-state index contributed by atoms with van der Waals surface area (Å²) in [5, 5.41) is 20.4. The molecule has 0 unspecified atom stereocenters. The number of amides is 4. The van der Waals surface area contributed by atoms with Gasteiger partial charge in [0.2, 0.25) is 17.6 Å². The molecule has 298 valence electrons. The Morgan fingerprint density at radius 3 is 2.28 bits per heavy atom. The molecule has 0 bridgehead atoms. The van der Waals surface area contributed by atoms with Gasteiger partial charge in [-0.2, -0.15) is 18.2 Å². The van der Waals surface area contributed by atoms with Crippen LogP contribution in [0.15, 0.2) is 66.4 Å². The molecule has 2 aromatic carbocycles. The Kier molecular flexibility index (Phi) is 10.2. The van der Waals surface area contributed by atoms with Crippen molar-refractivity contribution in [1.29, 1.82) is 0 Å². The number of imide groups is 2. The molecule has 3 heterocycles. The van der Waals surface area contributed by atoms with Gasteiger partial charge in [0.25, 0.3) is 11.8 Å². The molecule has 2 aliphatic heterocycles. The third-order valence-corrected chi connectivity index (χ3v) is 11.8. The molecule has 4 amide bonds. The second-order valence-electron chi connectivity index (χ2n) is 14.1. The number of nitrogens with one attached hydrogen (secondary N) is 1. The van der Waals surface area contributed by atoms with Crippen molar-refractivity contribution in [2.45, 2.75) is 30.9 Å². The average Bonchev–Trinajstić information content (AvgIpc) is 3.54. The number of halogens is 5. The lowest BCUT2D eigenvalue weighted by Gasteiger charge is -2.49. The van der Waals surface area contributed by atoms with E-state index >= 15 is 4.79 Å². The Morgan fingerprint density at radius 2 is 1.68 bits per heavy atom. The summed E-state index contributed by atoms with van der Waals surface area (Å²) in [5.41, 5.74) is 0.983. The van der Waals surface area contributed by atoms with E-state index in [4.69, 9.17) is 32.7 Å². The summed E-state index contributed by atoms with van der Waals surface area (Å²) in [6.45, 7) is -0.343. The Hall–Kier alpha value is -5.61. The summed E-state index contributed by atoms with van der Waals surface area (Å²) >= 11 is 12.5. The van der Waals surface area contributed by atoms with Gasteiger partial charge in [-0.3, -0.25) is 34.3 Å². The lowest BCUT2D eigenvalue weighted by Crippen LogP contribution is -2.54. The van der Waals surface area contributed by atoms with E-state index in [1.165, 1.54) is 38.5 Å². The van der Waals surface area contributed by atoms with Crippen LogP contribution >= 0.6 is 23.2 Å². The molecule has 0 radical (unpaired) electrons. The van der Waals surface area contributed by atoms with Crippen molar-refractivity contribution in [3.8, 4) is 17.2 Å². The van der Waals surface area contributed by atoms with Crippen molar-refractivity contribution in [2.75, 3.05) is 26.2 Å². The van der Waals surface area contributed by atoms with E-state index in [1.54, 1.807) is 30.4 Å². The van der Waals surface area contributed by atoms with Gasteiger partial charge in [-0.1, -0.05) is 59.1 Å². The summed E-state index contributed by atoms with van der Waals surface area (Å²) in [5.74, 6) is -9.39. The van der Waals surface area contributed by atoms with Crippen LogP contribution in [-0.2, 0) is 35.6 Å². The van der Waals surface area contributed by atoms with Gasteiger partial charge < -0.3 is 19.7 Å². The highest BCUT2D eigenvalue weighted by Crippen LogP contribution is 2.61. The Balaban J connectivity index is 1.41. The number of likely N-dealkylation sites (tertiary alicyclic amines) is 1. The maximum absolute atomic E-state index is 15.2. The number of hydrogen-bond donors (Lipinski definition) is 3. The molecular formula is C39H33Cl2F3N4O9. The Labute approximate surface area is 332 Å². The van der Waals surface area contributed by atoms with Crippen LogP contribution in [0.1, 0.15) is 36.0 Å². The number of allylic oxidation sites excluding steroid dienone is 3. The van der Waals surface area contributed by atoms with Crippen molar-refractivity contribution in [3.05, 3.63) is 93.1 Å². The highest BCUT2D eigenvalue weighted by Gasteiger charge is 2.69. The molecule has 18 heteroatoms. The maximum Gasteiger partial charge on any atom is 0.417 e. The molecule has 57 heavy (non-hydrogen) atoms. The molecule has 4 aliphatic rings. The number of alkyl halides is 3. The van der Waals surface area contributed by atoms with Crippen molar-refractivity contribution in [1.82, 2.24) is 14.9 Å². The molecule has 2 aliphatic carbocycles. The van der Waals surface area contributed by atoms with E-state index in [9.17, 15) is 42.6 Å².